The van der Waals surface area contributed by atoms with Crippen LogP contribution in [0.3, 0.4) is 0 Å². The molecule has 2 aliphatic heterocycles. The van der Waals surface area contributed by atoms with Crippen LogP contribution in [0.25, 0.3) is 0 Å². The Morgan fingerprint density at radius 2 is 1.59 bits per heavy atom. The first-order chi connectivity index (χ1) is 21.9. The maximum absolute atomic E-state index is 14.5. The number of hydrogen-bond acceptors (Lipinski definition) is 6. The molecule has 2 heterocycles. The van der Waals surface area contributed by atoms with Crippen LogP contribution in [0.15, 0.2) is 66.2 Å². The first kappa shape index (κ1) is 30.4. The Balaban J connectivity index is 1.38. The number of phenolic OH excluding ortho intramolecular Hbond substituents is 1. The minimum absolute atomic E-state index is 0.0484. The number of methoxy groups -OCH3 is 1. The number of allylic oxidation sites excluding steroid dienone is 2. The van der Waals surface area contributed by atoms with Crippen molar-refractivity contribution in [3.63, 3.8) is 0 Å². The summed E-state index contributed by atoms with van der Waals surface area (Å²) in [5.74, 6) is -5.81. The van der Waals surface area contributed by atoms with Crippen LogP contribution >= 0.6 is 23.2 Å². The van der Waals surface area contributed by atoms with Gasteiger partial charge in [-0.25, -0.2) is 14.2 Å². The van der Waals surface area contributed by atoms with Gasteiger partial charge in [-0.1, -0.05) is 47.0 Å². The van der Waals surface area contributed by atoms with Crippen LogP contribution < -0.4 is 14.5 Å². The first-order valence-electron chi connectivity index (χ1n) is 14.9. The molecule has 0 radical (unpaired) electrons. The largest absolute Gasteiger partial charge is 0.508 e. The zero-order valence-electron chi connectivity index (χ0n) is 25.1. The van der Waals surface area contributed by atoms with Gasteiger partial charge in [-0.05, 0) is 74.6 Å². The number of phenols is 1. The number of aromatic hydroxyl groups is 1. The lowest BCUT2D eigenvalue weighted by atomic mass is 9.51. The van der Waals surface area contributed by atoms with E-state index in [1.807, 2.05) is 13.0 Å². The van der Waals surface area contributed by atoms with E-state index >= 15 is 0 Å². The van der Waals surface area contributed by atoms with E-state index in [1.54, 1.807) is 31.2 Å². The Bertz CT molecular complexity index is 1910. The normalized spacial score (nSPS) is 28.7. The number of carbonyl (C=O) groups excluding carboxylic acids is 4. The summed E-state index contributed by atoms with van der Waals surface area (Å²) in [6.07, 6.45) is 2.32. The zero-order valence-corrected chi connectivity index (χ0v) is 26.6. The van der Waals surface area contributed by atoms with Crippen molar-refractivity contribution in [1.82, 2.24) is 0 Å². The van der Waals surface area contributed by atoms with Gasteiger partial charge in [-0.3, -0.25) is 19.2 Å². The monoisotopic (exact) mass is 662 g/mol. The van der Waals surface area contributed by atoms with Gasteiger partial charge in [0.15, 0.2) is 0 Å². The lowest BCUT2D eigenvalue weighted by Crippen LogP contribution is -2.49. The molecule has 3 aromatic carbocycles. The number of halogens is 3. The van der Waals surface area contributed by atoms with Gasteiger partial charge in [0, 0.05) is 22.6 Å². The molecule has 3 fully saturated rings. The fourth-order valence-electron chi connectivity index (χ4n) is 8.14. The number of benzene rings is 3. The van der Waals surface area contributed by atoms with Gasteiger partial charge < -0.3 is 9.84 Å². The van der Waals surface area contributed by atoms with Crippen LogP contribution in [0, 0.1) is 41.8 Å². The van der Waals surface area contributed by atoms with E-state index in [4.69, 9.17) is 27.9 Å². The minimum atomic E-state index is -1.35. The van der Waals surface area contributed by atoms with Gasteiger partial charge in [0.1, 0.15) is 17.3 Å². The molecule has 4 amide bonds. The minimum Gasteiger partial charge on any atom is -0.508 e. The van der Waals surface area contributed by atoms with Crippen molar-refractivity contribution < 1.29 is 33.4 Å². The third-order valence-electron chi connectivity index (χ3n) is 10.4. The molecule has 1 saturated carbocycles. The summed E-state index contributed by atoms with van der Waals surface area (Å²) in [7, 11) is 1.45. The molecule has 6 atom stereocenters. The molecule has 8 nitrogen and oxygen atoms in total. The van der Waals surface area contributed by atoms with Crippen molar-refractivity contribution in [2.45, 2.75) is 32.6 Å². The molecule has 46 heavy (non-hydrogen) atoms. The highest BCUT2D eigenvalue weighted by Crippen LogP contribution is 2.64. The fourth-order valence-corrected chi connectivity index (χ4v) is 8.49. The standard InChI is InChI=1S/C35H29Cl2FN2O6/c1-16-4-5-17(12-25(16)36)39-31(42)22-10-9-20-23(29(22)33(39)44)15-24-32(43)40(18-6-11-27(38)26(37)13-18)34(45)35(24,2)30(20)21-8-7-19(41)14-28(21)46-3/h4-9,11-14,22-24,29-30,41H,10,15H2,1-3H3. The summed E-state index contributed by atoms with van der Waals surface area (Å²) in [6.45, 7) is 3.56. The molecule has 4 aliphatic rings. The number of anilines is 2. The van der Waals surface area contributed by atoms with Crippen LogP contribution in [-0.4, -0.2) is 35.8 Å². The van der Waals surface area contributed by atoms with Crippen molar-refractivity contribution in [2.75, 3.05) is 16.9 Å². The van der Waals surface area contributed by atoms with E-state index in [2.05, 4.69) is 0 Å². The summed E-state index contributed by atoms with van der Waals surface area (Å²) in [5, 5.41) is 10.5. The average molecular weight is 664 g/mol. The molecule has 7 rings (SSSR count). The average Bonchev–Trinajstić information content (AvgIpc) is 3.39. The van der Waals surface area contributed by atoms with Gasteiger partial charge in [0.05, 0.1) is 46.7 Å². The number of amides is 4. The molecule has 0 aromatic heterocycles. The SMILES string of the molecule is COc1cc(O)ccc1C1C2=CCC3C(=O)N(c4ccc(C)c(Cl)c4)C(=O)C3C2CC2C(=O)N(c3ccc(F)c(Cl)c3)C(=O)C21C. The number of imide groups is 2. The summed E-state index contributed by atoms with van der Waals surface area (Å²) in [4.78, 5) is 59.2. The van der Waals surface area contributed by atoms with Gasteiger partial charge in [-0.15, -0.1) is 0 Å². The van der Waals surface area contributed by atoms with E-state index < -0.39 is 52.6 Å². The van der Waals surface area contributed by atoms with E-state index in [9.17, 15) is 28.7 Å². The molecule has 2 aliphatic carbocycles. The Kier molecular flexibility index (Phi) is 7.06. The Morgan fingerprint density at radius 1 is 0.891 bits per heavy atom. The Labute approximate surface area is 274 Å². The number of carbonyl (C=O) groups is 4. The van der Waals surface area contributed by atoms with E-state index in [1.165, 1.54) is 36.3 Å². The molecule has 236 valence electrons. The Hall–Kier alpha value is -4.21. The second-order valence-corrected chi connectivity index (χ2v) is 13.4. The van der Waals surface area contributed by atoms with E-state index in [0.29, 0.717) is 22.0 Å². The lowest BCUT2D eigenvalue weighted by molar-refractivity contribution is -0.131. The highest BCUT2D eigenvalue weighted by molar-refractivity contribution is 6.32. The summed E-state index contributed by atoms with van der Waals surface area (Å²) in [6, 6.07) is 13.3. The number of fused-ring (bicyclic) bond motifs is 4. The van der Waals surface area contributed by atoms with Crippen LogP contribution in [0.4, 0.5) is 15.8 Å². The number of rotatable bonds is 4. The van der Waals surface area contributed by atoms with Gasteiger partial charge >= 0.3 is 0 Å². The number of aryl methyl sites for hydroxylation is 1. The maximum Gasteiger partial charge on any atom is 0.241 e. The second kappa shape index (κ2) is 10.7. The van der Waals surface area contributed by atoms with Crippen LogP contribution in [-0.2, 0) is 19.2 Å². The van der Waals surface area contributed by atoms with Gasteiger partial charge in [0.2, 0.25) is 23.6 Å². The van der Waals surface area contributed by atoms with Crippen molar-refractivity contribution in [3.05, 3.63) is 93.2 Å². The summed E-state index contributed by atoms with van der Waals surface area (Å²) in [5.41, 5.74) is 1.28. The third-order valence-corrected chi connectivity index (χ3v) is 11.1. The van der Waals surface area contributed by atoms with E-state index in [-0.39, 0.29) is 41.1 Å². The molecule has 1 N–H and O–H groups in total. The predicted octanol–water partition coefficient (Wildman–Crippen LogP) is 6.59. The van der Waals surface area contributed by atoms with Crippen LogP contribution in [0.2, 0.25) is 10.0 Å². The number of hydrogen-bond donors (Lipinski definition) is 1. The molecular weight excluding hydrogens is 634 g/mol. The van der Waals surface area contributed by atoms with Crippen molar-refractivity contribution >= 4 is 58.2 Å². The third kappa shape index (κ3) is 4.17. The molecule has 6 unspecified atom stereocenters. The van der Waals surface area contributed by atoms with Crippen molar-refractivity contribution in [3.8, 4) is 11.5 Å². The molecule has 3 aromatic rings. The zero-order chi connectivity index (χ0) is 32.8. The molecule has 2 saturated heterocycles. The molecule has 11 heteroatoms. The predicted molar refractivity (Wildman–Crippen MR) is 169 cm³/mol. The highest BCUT2D eigenvalue weighted by Gasteiger charge is 2.68. The van der Waals surface area contributed by atoms with Gasteiger partial charge in [-0.2, -0.15) is 0 Å². The summed E-state index contributed by atoms with van der Waals surface area (Å²) < 4.78 is 19.8. The second-order valence-electron chi connectivity index (χ2n) is 12.6. The molecule has 0 bridgehead atoms. The van der Waals surface area contributed by atoms with Gasteiger partial charge in [0.25, 0.3) is 0 Å². The van der Waals surface area contributed by atoms with Crippen LogP contribution in [0.5, 0.6) is 11.5 Å². The number of ether oxygens (including phenoxy) is 1. The summed E-state index contributed by atoms with van der Waals surface area (Å²) >= 11 is 12.4. The van der Waals surface area contributed by atoms with Crippen LogP contribution in [0.1, 0.15) is 36.8 Å². The highest BCUT2D eigenvalue weighted by atomic mass is 35.5. The first-order valence-corrected chi connectivity index (χ1v) is 15.7. The smallest absolute Gasteiger partial charge is 0.241 e. The fraction of sp³-hybridized carbons (Fsp3) is 0.314. The molecule has 0 spiro atoms. The molecular formula is C35H29Cl2FN2O6. The maximum atomic E-state index is 14.5. The quantitative estimate of drug-likeness (QED) is 0.250. The topological polar surface area (TPSA) is 104 Å². The van der Waals surface area contributed by atoms with Crippen molar-refractivity contribution in [1.29, 1.82) is 0 Å². The number of nitrogens with zero attached hydrogens (tertiary/aromatic N) is 2. The lowest BCUT2D eigenvalue weighted by Gasteiger charge is -2.49. The van der Waals surface area contributed by atoms with Crippen molar-refractivity contribution in [2.24, 2.45) is 29.1 Å². The Morgan fingerprint density at radius 3 is 2.28 bits per heavy atom. The van der Waals surface area contributed by atoms with E-state index in [0.717, 1.165) is 22.1 Å².